The Morgan fingerprint density at radius 3 is 2.62 bits per heavy atom. The summed E-state index contributed by atoms with van der Waals surface area (Å²) in [6.07, 6.45) is 3.08. The Bertz CT molecular complexity index is 808. The highest BCUT2D eigenvalue weighted by Gasteiger charge is 2.22. The molecule has 0 aromatic heterocycles. The molecule has 1 unspecified atom stereocenters. The van der Waals surface area contributed by atoms with Crippen LogP contribution in [0.15, 0.2) is 53.5 Å². The first-order chi connectivity index (χ1) is 14.2. The zero-order valence-electron chi connectivity index (χ0n) is 17.2. The summed E-state index contributed by atoms with van der Waals surface area (Å²) in [5, 5.41) is 9.56. The minimum atomic E-state index is -0.0204. The Morgan fingerprint density at radius 2 is 1.90 bits per heavy atom. The lowest BCUT2D eigenvalue weighted by atomic mass is 10.1. The summed E-state index contributed by atoms with van der Waals surface area (Å²) in [5.41, 5.74) is 3.02. The third-order valence-electron chi connectivity index (χ3n) is 4.93. The van der Waals surface area contributed by atoms with E-state index >= 15 is 0 Å². The Kier molecular flexibility index (Phi) is 7.50. The van der Waals surface area contributed by atoms with Gasteiger partial charge in [0.05, 0.1) is 6.54 Å². The fraction of sp³-hybridized carbons (Fsp3) is 0.391. The molecular formula is C23H30N4O2. The van der Waals surface area contributed by atoms with Crippen LogP contribution in [0, 0.1) is 0 Å². The van der Waals surface area contributed by atoms with E-state index in [1.54, 1.807) is 7.05 Å². The normalized spacial score (nSPS) is 15.4. The van der Waals surface area contributed by atoms with Crippen LogP contribution in [0.5, 0.6) is 5.75 Å². The average molecular weight is 395 g/mol. The summed E-state index contributed by atoms with van der Waals surface area (Å²) in [5.74, 6) is 1.68. The molecule has 1 amide bonds. The molecular weight excluding hydrogens is 364 g/mol. The van der Waals surface area contributed by atoms with Crippen LogP contribution in [0.1, 0.15) is 41.3 Å². The molecule has 0 aliphatic carbocycles. The van der Waals surface area contributed by atoms with Crippen molar-refractivity contribution in [1.82, 2.24) is 16.0 Å². The number of hydrogen-bond acceptors (Lipinski definition) is 3. The molecule has 0 saturated carbocycles. The lowest BCUT2D eigenvalue weighted by Gasteiger charge is -2.15. The quantitative estimate of drug-likeness (QED) is 0.366. The highest BCUT2D eigenvalue weighted by Crippen LogP contribution is 2.27. The number of aliphatic imine (C=N–C) groups is 1. The number of ether oxygens (including phenoxy) is 1. The van der Waals surface area contributed by atoms with Crippen molar-refractivity contribution < 1.29 is 9.53 Å². The van der Waals surface area contributed by atoms with Gasteiger partial charge in [-0.1, -0.05) is 43.7 Å². The van der Waals surface area contributed by atoms with Gasteiger partial charge < -0.3 is 20.7 Å². The Balaban J connectivity index is 1.42. The number of nitrogens with zero attached hydrogens (tertiary/aromatic N) is 1. The van der Waals surface area contributed by atoms with Crippen molar-refractivity contribution in [3.63, 3.8) is 0 Å². The topological polar surface area (TPSA) is 74.8 Å². The van der Waals surface area contributed by atoms with Gasteiger partial charge in [0.15, 0.2) is 5.96 Å². The van der Waals surface area contributed by atoms with Crippen molar-refractivity contribution in [3.05, 3.63) is 65.2 Å². The summed E-state index contributed by atoms with van der Waals surface area (Å²) in [6.45, 7) is 4.14. The highest BCUT2D eigenvalue weighted by atomic mass is 16.5. The summed E-state index contributed by atoms with van der Waals surface area (Å²) in [6, 6.07) is 15.8. The summed E-state index contributed by atoms with van der Waals surface area (Å²) in [7, 11) is 1.75. The second-order valence-electron chi connectivity index (χ2n) is 7.16. The van der Waals surface area contributed by atoms with Crippen LogP contribution in [0.2, 0.25) is 0 Å². The molecule has 1 atom stereocenters. The Labute approximate surface area is 172 Å². The number of unbranched alkanes of at least 4 members (excludes halogenated alkanes) is 1. The number of rotatable bonds is 8. The number of amides is 1. The van der Waals surface area contributed by atoms with Gasteiger partial charge in [0.2, 0.25) is 0 Å². The van der Waals surface area contributed by atoms with E-state index in [2.05, 4.69) is 33.9 Å². The molecule has 6 nitrogen and oxygen atoms in total. The standard InChI is InChI=1S/C23H30N4O2/c1-3-4-13-25-22(28)18-11-9-17(10-12-18)15-26-23(24-2)27-16-20-14-19-7-5-6-8-21(19)29-20/h5-12,20H,3-4,13-16H2,1-2H3,(H,25,28)(H2,24,26,27). The number of hydrogen-bond donors (Lipinski definition) is 3. The van der Waals surface area contributed by atoms with E-state index in [0.29, 0.717) is 18.7 Å². The Hall–Kier alpha value is -3.02. The highest BCUT2D eigenvalue weighted by molar-refractivity contribution is 5.94. The van der Waals surface area contributed by atoms with Gasteiger partial charge in [-0.3, -0.25) is 9.79 Å². The van der Waals surface area contributed by atoms with Crippen molar-refractivity contribution in [1.29, 1.82) is 0 Å². The zero-order chi connectivity index (χ0) is 20.5. The molecule has 0 spiro atoms. The number of carbonyl (C=O) groups is 1. The lowest BCUT2D eigenvalue weighted by Crippen LogP contribution is -2.41. The first kappa shape index (κ1) is 20.7. The van der Waals surface area contributed by atoms with E-state index in [0.717, 1.165) is 43.1 Å². The summed E-state index contributed by atoms with van der Waals surface area (Å²) < 4.78 is 5.95. The number of guanidine groups is 1. The van der Waals surface area contributed by atoms with Crippen LogP contribution in [-0.2, 0) is 13.0 Å². The molecule has 0 saturated heterocycles. The SMILES string of the molecule is CCCCNC(=O)c1ccc(CNC(=NC)NCC2Cc3ccccc3O2)cc1. The smallest absolute Gasteiger partial charge is 0.251 e. The fourth-order valence-electron chi connectivity index (χ4n) is 3.24. The van der Waals surface area contributed by atoms with E-state index in [1.807, 2.05) is 42.5 Å². The monoisotopic (exact) mass is 394 g/mol. The predicted octanol–water partition coefficient (Wildman–Crippen LogP) is 2.89. The fourth-order valence-corrected chi connectivity index (χ4v) is 3.24. The van der Waals surface area contributed by atoms with Crippen molar-refractivity contribution in [2.75, 3.05) is 20.1 Å². The van der Waals surface area contributed by atoms with Crippen LogP contribution in [-0.4, -0.2) is 38.1 Å². The van der Waals surface area contributed by atoms with Crippen molar-refractivity contribution in [3.8, 4) is 5.75 Å². The third-order valence-corrected chi connectivity index (χ3v) is 4.93. The number of nitrogens with one attached hydrogen (secondary N) is 3. The largest absolute Gasteiger partial charge is 0.488 e. The van der Waals surface area contributed by atoms with Gasteiger partial charge >= 0.3 is 0 Å². The van der Waals surface area contributed by atoms with Gasteiger partial charge in [0, 0.05) is 32.1 Å². The zero-order valence-corrected chi connectivity index (χ0v) is 17.2. The molecule has 0 radical (unpaired) electrons. The molecule has 0 fully saturated rings. The number of carbonyl (C=O) groups excluding carboxylic acids is 1. The molecule has 3 N–H and O–H groups in total. The minimum absolute atomic E-state index is 0.0204. The van der Waals surface area contributed by atoms with E-state index in [-0.39, 0.29) is 12.0 Å². The van der Waals surface area contributed by atoms with Crippen molar-refractivity contribution in [2.24, 2.45) is 4.99 Å². The lowest BCUT2D eigenvalue weighted by molar-refractivity contribution is 0.0953. The molecule has 154 valence electrons. The van der Waals surface area contributed by atoms with Crippen LogP contribution in [0.4, 0.5) is 0 Å². The third kappa shape index (κ3) is 5.98. The number of fused-ring (bicyclic) bond motifs is 1. The molecule has 6 heteroatoms. The van der Waals surface area contributed by atoms with Crippen LogP contribution < -0.4 is 20.7 Å². The maximum absolute atomic E-state index is 12.1. The molecule has 0 bridgehead atoms. The molecule has 1 aliphatic rings. The molecule has 1 heterocycles. The first-order valence-electron chi connectivity index (χ1n) is 10.3. The molecule has 2 aromatic rings. The number of para-hydroxylation sites is 1. The Morgan fingerprint density at radius 1 is 1.10 bits per heavy atom. The average Bonchev–Trinajstić information content (AvgIpc) is 3.17. The summed E-state index contributed by atoms with van der Waals surface area (Å²) >= 11 is 0. The second kappa shape index (κ2) is 10.5. The minimum Gasteiger partial charge on any atom is -0.488 e. The molecule has 29 heavy (non-hydrogen) atoms. The van der Waals surface area contributed by atoms with Crippen molar-refractivity contribution >= 4 is 11.9 Å². The predicted molar refractivity (Wildman–Crippen MR) is 116 cm³/mol. The van der Waals surface area contributed by atoms with Crippen LogP contribution >= 0.6 is 0 Å². The van der Waals surface area contributed by atoms with E-state index < -0.39 is 0 Å². The second-order valence-corrected chi connectivity index (χ2v) is 7.16. The van der Waals surface area contributed by atoms with Gasteiger partial charge in [0.25, 0.3) is 5.91 Å². The van der Waals surface area contributed by atoms with Gasteiger partial charge in [-0.05, 0) is 35.7 Å². The van der Waals surface area contributed by atoms with Gasteiger partial charge in [-0.2, -0.15) is 0 Å². The molecule has 2 aromatic carbocycles. The summed E-state index contributed by atoms with van der Waals surface area (Å²) in [4.78, 5) is 16.3. The first-order valence-corrected chi connectivity index (χ1v) is 10.3. The maximum atomic E-state index is 12.1. The van der Waals surface area contributed by atoms with Gasteiger partial charge in [-0.15, -0.1) is 0 Å². The molecule has 1 aliphatic heterocycles. The molecule has 3 rings (SSSR count). The van der Waals surface area contributed by atoms with E-state index in [4.69, 9.17) is 4.74 Å². The van der Waals surface area contributed by atoms with E-state index in [9.17, 15) is 4.79 Å². The van der Waals surface area contributed by atoms with Gasteiger partial charge in [0.1, 0.15) is 11.9 Å². The maximum Gasteiger partial charge on any atom is 0.251 e. The van der Waals surface area contributed by atoms with Gasteiger partial charge in [-0.25, -0.2) is 0 Å². The van der Waals surface area contributed by atoms with E-state index in [1.165, 1.54) is 5.56 Å². The number of benzene rings is 2. The van der Waals surface area contributed by atoms with Crippen molar-refractivity contribution in [2.45, 2.75) is 38.8 Å². The van der Waals surface area contributed by atoms with Crippen LogP contribution in [0.25, 0.3) is 0 Å². The van der Waals surface area contributed by atoms with Crippen LogP contribution in [0.3, 0.4) is 0 Å².